The molecule has 0 aliphatic carbocycles. The lowest BCUT2D eigenvalue weighted by atomic mass is 10.9. The molecule has 0 radical (unpaired) electrons. The third-order valence-corrected chi connectivity index (χ3v) is 1.21. The Morgan fingerprint density at radius 3 is 2.44 bits per heavy atom. The van der Waals surface area contributed by atoms with E-state index in [-0.39, 0.29) is 13.1 Å². The summed E-state index contributed by atoms with van der Waals surface area (Å²) >= 11 is 0. The zero-order valence-corrected chi connectivity index (χ0v) is 5.30. The summed E-state index contributed by atoms with van der Waals surface area (Å²) in [6.07, 6.45) is 0. The Kier molecular flexibility index (Phi) is 3.18. The normalized spacial score (nSPS) is 10.8. The summed E-state index contributed by atoms with van der Waals surface area (Å²) in [5.74, 6) is -0.550. The quantitative estimate of drug-likeness (QED) is 0.320. The van der Waals surface area contributed by atoms with Crippen molar-refractivity contribution in [2.24, 2.45) is 0 Å². The molecule has 0 fully saturated rings. The first kappa shape index (κ1) is 8.38. The van der Waals surface area contributed by atoms with Gasteiger partial charge in [0, 0.05) is 0 Å². The van der Waals surface area contributed by atoms with E-state index < -0.39 is 15.9 Å². The highest BCUT2D eigenvalue weighted by Gasteiger charge is 2.02. The molecule has 6 heteroatoms. The minimum absolute atomic E-state index is 0.116. The van der Waals surface area contributed by atoms with Gasteiger partial charge in [-0.3, -0.25) is 9.35 Å². The van der Waals surface area contributed by atoms with Gasteiger partial charge >= 0.3 is 0 Å². The lowest BCUT2D eigenvalue weighted by Gasteiger charge is -1.92. The fourth-order valence-corrected chi connectivity index (χ4v) is 0.508. The van der Waals surface area contributed by atoms with Crippen LogP contribution in [0.25, 0.3) is 0 Å². The predicted octanol–water partition coefficient (Wildman–Crippen LogP) is -0.953. The van der Waals surface area contributed by atoms with Crippen LogP contribution in [-0.2, 0) is 19.6 Å². The Morgan fingerprint density at radius 1 is 1.56 bits per heavy atom. The Bertz CT molecular complexity index is 169. The van der Waals surface area contributed by atoms with Crippen molar-refractivity contribution in [3.63, 3.8) is 0 Å². The molecule has 0 aliphatic heterocycles. The number of ether oxygens (including phenoxy) is 1. The van der Waals surface area contributed by atoms with Gasteiger partial charge in [0.1, 0.15) is 12.4 Å². The Labute approximate surface area is 52.4 Å². The van der Waals surface area contributed by atoms with E-state index in [1.54, 1.807) is 0 Å². The van der Waals surface area contributed by atoms with Crippen LogP contribution in [0, 0.1) is 0 Å². The van der Waals surface area contributed by atoms with Gasteiger partial charge in [0.15, 0.2) is 0 Å². The van der Waals surface area contributed by atoms with Crippen molar-refractivity contribution in [1.29, 1.82) is 0 Å². The van der Waals surface area contributed by atoms with Gasteiger partial charge in [-0.25, -0.2) is 0 Å². The van der Waals surface area contributed by atoms with Gasteiger partial charge in [0.05, 0.1) is 0 Å². The van der Waals surface area contributed by atoms with Crippen LogP contribution in [0.3, 0.4) is 0 Å². The average molecular weight is 154 g/mol. The van der Waals surface area contributed by atoms with Crippen molar-refractivity contribution in [1.82, 2.24) is 0 Å². The van der Waals surface area contributed by atoms with E-state index in [0.717, 1.165) is 0 Å². The maximum absolute atomic E-state index is 9.87. The maximum Gasteiger partial charge on any atom is 0.293 e. The molecule has 0 aromatic heterocycles. The van der Waals surface area contributed by atoms with Crippen LogP contribution in [0.15, 0.2) is 0 Å². The van der Waals surface area contributed by atoms with Crippen LogP contribution in [-0.4, -0.2) is 31.8 Å². The zero-order valence-electron chi connectivity index (χ0n) is 4.48. The molecular weight excluding hydrogens is 148 g/mol. The van der Waals surface area contributed by atoms with Crippen LogP contribution in [0.5, 0.6) is 0 Å². The molecule has 5 nitrogen and oxygen atoms in total. The highest BCUT2D eigenvalue weighted by atomic mass is 32.2. The highest BCUT2D eigenvalue weighted by molar-refractivity contribution is 7.85. The molecule has 0 amide bonds. The lowest BCUT2D eigenvalue weighted by molar-refractivity contribution is -0.128. The largest absolute Gasteiger partial charge is 0.467 e. The molecular formula is C3H6O5S. The molecule has 0 rings (SSSR count). The third-order valence-electron chi connectivity index (χ3n) is 0.527. The number of carbonyl (C=O) groups excluding carboxylic acids is 1. The fourth-order valence-electron chi connectivity index (χ4n) is 0.202. The molecule has 0 saturated heterocycles. The van der Waals surface area contributed by atoms with Gasteiger partial charge in [-0.1, -0.05) is 0 Å². The van der Waals surface area contributed by atoms with Gasteiger partial charge in [0.25, 0.3) is 16.6 Å². The minimum atomic E-state index is -3.98. The van der Waals surface area contributed by atoms with Crippen LogP contribution >= 0.6 is 0 Å². The summed E-state index contributed by atoms with van der Waals surface area (Å²) in [6, 6.07) is 0. The van der Waals surface area contributed by atoms with E-state index in [1.165, 1.54) is 0 Å². The van der Waals surface area contributed by atoms with E-state index in [0.29, 0.717) is 0 Å². The van der Waals surface area contributed by atoms with E-state index in [9.17, 15) is 13.2 Å². The molecule has 0 atom stereocenters. The summed E-state index contributed by atoms with van der Waals surface area (Å²) in [5.41, 5.74) is 0. The highest BCUT2D eigenvalue weighted by Crippen LogP contribution is 1.80. The molecule has 0 aromatic rings. The van der Waals surface area contributed by atoms with Gasteiger partial charge in [-0.15, -0.1) is 0 Å². The van der Waals surface area contributed by atoms with Crippen molar-refractivity contribution in [2.45, 2.75) is 0 Å². The lowest BCUT2D eigenvalue weighted by Crippen LogP contribution is -2.09. The third kappa shape index (κ3) is 7.38. The van der Waals surface area contributed by atoms with Crippen molar-refractivity contribution in [2.75, 3.05) is 12.4 Å². The molecule has 0 heterocycles. The van der Waals surface area contributed by atoms with E-state index >= 15 is 0 Å². The zero-order chi connectivity index (χ0) is 7.33. The fraction of sp³-hybridized carbons (Fsp3) is 0.667. The van der Waals surface area contributed by atoms with Crippen LogP contribution in [0.2, 0.25) is 0 Å². The van der Waals surface area contributed by atoms with Crippen LogP contribution in [0.4, 0.5) is 0 Å². The number of hydrogen-bond acceptors (Lipinski definition) is 4. The Balaban J connectivity index is 3.40. The van der Waals surface area contributed by atoms with Crippen molar-refractivity contribution < 1.29 is 22.5 Å². The summed E-state index contributed by atoms with van der Waals surface area (Å²) in [7, 11) is -3.98. The van der Waals surface area contributed by atoms with Gasteiger partial charge < -0.3 is 4.74 Å². The number of rotatable bonds is 4. The molecule has 0 unspecified atom stereocenters. The van der Waals surface area contributed by atoms with Gasteiger partial charge in [-0.2, -0.15) is 8.42 Å². The maximum atomic E-state index is 9.87. The van der Waals surface area contributed by atoms with E-state index in [2.05, 4.69) is 4.74 Å². The van der Waals surface area contributed by atoms with E-state index in [4.69, 9.17) is 4.55 Å². The average Bonchev–Trinajstić information content (AvgIpc) is 1.63. The first-order valence-electron chi connectivity index (χ1n) is 2.06. The van der Waals surface area contributed by atoms with Crippen molar-refractivity contribution in [3.05, 3.63) is 0 Å². The summed E-state index contributed by atoms with van der Waals surface area (Å²) in [4.78, 5) is 9.39. The summed E-state index contributed by atoms with van der Waals surface area (Å²) < 4.78 is 31.7. The molecule has 9 heavy (non-hydrogen) atoms. The predicted molar refractivity (Wildman–Crippen MR) is 28.4 cm³/mol. The minimum Gasteiger partial charge on any atom is -0.467 e. The molecule has 0 aromatic carbocycles. The second kappa shape index (κ2) is 3.41. The number of hydrogen-bond donors (Lipinski definition) is 1. The first-order valence-corrected chi connectivity index (χ1v) is 3.67. The van der Waals surface area contributed by atoms with E-state index in [1.807, 2.05) is 0 Å². The monoisotopic (exact) mass is 154 g/mol. The Morgan fingerprint density at radius 2 is 2.11 bits per heavy atom. The molecule has 0 saturated carbocycles. The second-order valence-electron chi connectivity index (χ2n) is 1.25. The number of carbonyl (C=O) groups is 1. The summed E-state index contributed by atoms with van der Waals surface area (Å²) in [6.45, 7) is -0.187. The topological polar surface area (TPSA) is 80.7 Å². The first-order chi connectivity index (χ1) is 4.06. The summed E-state index contributed by atoms with van der Waals surface area (Å²) in [5, 5.41) is 0. The molecule has 0 aliphatic rings. The Hall–Kier alpha value is -0.620. The molecule has 1 N–H and O–H groups in total. The van der Waals surface area contributed by atoms with Crippen molar-refractivity contribution >= 4 is 16.6 Å². The molecule has 54 valence electrons. The SMILES string of the molecule is O=COCCS(=O)(=O)O. The second-order valence-corrected chi connectivity index (χ2v) is 2.83. The standard InChI is InChI=1S/C3H6O5S/c4-3-8-1-2-9(5,6)7/h3H,1-2H2,(H,5,6,7). The van der Waals surface area contributed by atoms with Crippen molar-refractivity contribution in [3.8, 4) is 0 Å². The van der Waals surface area contributed by atoms with Gasteiger partial charge in [-0.05, 0) is 0 Å². The van der Waals surface area contributed by atoms with Crippen LogP contribution < -0.4 is 0 Å². The molecule has 0 spiro atoms. The smallest absolute Gasteiger partial charge is 0.293 e. The van der Waals surface area contributed by atoms with Gasteiger partial charge in [0.2, 0.25) is 0 Å². The van der Waals surface area contributed by atoms with Crippen LogP contribution in [0.1, 0.15) is 0 Å². The molecule has 0 bridgehead atoms.